The first kappa shape index (κ1) is 7.12. The van der Waals surface area contributed by atoms with Crippen LogP contribution in [0.1, 0.15) is 19.3 Å². The summed E-state index contributed by atoms with van der Waals surface area (Å²) in [5.74, 6) is 8.21. The van der Waals surface area contributed by atoms with Crippen LogP contribution in [0.15, 0.2) is 0 Å². The minimum Gasteiger partial charge on any atom is -0.120 e. The summed E-state index contributed by atoms with van der Waals surface area (Å²) in [7, 11) is 0. The Balaban J connectivity index is 3.06. The van der Waals surface area contributed by atoms with Crippen LogP contribution in [0.3, 0.4) is 0 Å². The number of hydrogen-bond acceptors (Lipinski definition) is 0. The molecule has 0 bridgehead atoms. The molecular weight excluding hydrogens is 96.1 g/mol. The second-order valence-corrected chi connectivity index (χ2v) is 1.31. The zero-order chi connectivity index (χ0) is 6.24. The fraction of sp³-hybridized carbons (Fsp3) is 0.375. The third-order valence-corrected chi connectivity index (χ3v) is 0.644. The number of rotatable bonds is 1. The van der Waals surface area contributed by atoms with E-state index in [0.717, 1.165) is 12.8 Å². The second-order valence-electron chi connectivity index (χ2n) is 1.31. The van der Waals surface area contributed by atoms with E-state index in [0.29, 0.717) is 6.42 Å². The van der Waals surface area contributed by atoms with Crippen molar-refractivity contribution in [1.82, 2.24) is 0 Å². The van der Waals surface area contributed by atoms with Crippen molar-refractivity contribution in [3.05, 3.63) is 6.92 Å². The van der Waals surface area contributed by atoms with Crippen LogP contribution in [0.4, 0.5) is 0 Å². The fourth-order valence-electron chi connectivity index (χ4n) is 0.311. The van der Waals surface area contributed by atoms with Gasteiger partial charge in [0.15, 0.2) is 0 Å². The quantitative estimate of drug-likeness (QED) is 0.351. The maximum atomic E-state index is 4.98. The van der Waals surface area contributed by atoms with E-state index in [1.54, 1.807) is 0 Å². The Morgan fingerprint density at radius 2 is 2.00 bits per heavy atom. The average molecular weight is 105 g/mol. The Hall–Kier alpha value is -0.880. The average Bonchev–Trinajstić information content (AvgIpc) is 1.81. The summed E-state index contributed by atoms with van der Waals surface area (Å²) in [4.78, 5) is 0. The van der Waals surface area contributed by atoms with Crippen LogP contribution in [0.5, 0.6) is 0 Å². The van der Waals surface area contributed by atoms with Crippen molar-refractivity contribution >= 4 is 0 Å². The zero-order valence-corrected chi connectivity index (χ0v) is 4.91. The third-order valence-electron chi connectivity index (χ3n) is 0.644. The summed E-state index contributed by atoms with van der Waals surface area (Å²) in [5.41, 5.74) is 0. The maximum Gasteiger partial charge on any atom is 0.0198 e. The van der Waals surface area contributed by atoms with Crippen LogP contribution in [0.25, 0.3) is 0 Å². The van der Waals surface area contributed by atoms with Crippen LogP contribution in [0, 0.1) is 31.1 Å². The maximum absolute atomic E-state index is 4.98. The van der Waals surface area contributed by atoms with E-state index in [2.05, 4.69) is 24.7 Å². The summed E-state index contributed by atoms with van der Waals surface area (Å²) >= 11 is 0. The molecule has 0 aromatic carbocycles. The monoisotopic (exact) mass is 105 g/mol. The number of terminal acetylenes is 1. The van der Waals surface area contributed by atoms with Gasteiger partial charge in [0.25, 0.3) is 0 Å². The van der Waals surface area contributed by atoms with Gasteiger partial charge in [-0.1, -0.05) is 0 Å². The van der Waals surface area contributed by atoms with Crippen molar-refractivity contribution in [2.45, 2.75) is 19.3 Å². The fourth-order valence-corrected chi connectivity index (χ4v) is 0.311. The normalized spacial score (nSPS) is 6.50. The molecule has 0 aliphatic rings. The molecule has 0 heteroatoms. The highest BCUT2D eigenvalue weighted by molar-refractivity contribution is 5.02. The smallest absolute Gasteiger partial charge is 0.0198 e. The van der Waals surface area contributed by atoms with E-state index < -0.39 is 0 Å². The highest BCUT2D eigenvalue weighted by atomic mass is 13.7. The highest BCUT2D eigenvalue weighted by Crippen LogP contribution is 1.81. The van der Waals surface area contributed by atoms with E-state index >= 15 is 0 Å². The van der Waals surface area contributed by atoms with Crippen LogP contribution >= 0.6 is 0 Å². The summed E-state index contributed by atoms with van der Waals surface area (Å²) in [5, 5.41) is 0. The highest BCUT2D eigenvalue weighted by Gasteiger charge is 1.69. The van der Waals surface area contributed by atoms with Crippen molar-refractivity contribution in [3.63, 3.8) is 0 Å². The molecule has 0 aromatic heterocycles. The molecule has 0 aliphatic heterocycles. The molecule has 0 nitrogen and oxygen atoms in total. The lowest BCUT2D eigenvalue weighted by atomic mass is 10.3. The van der Waals surface area contributed by atoms with Gasteiger partial charge in [0, 0.05) is 19.3 Å². The van der Waals surface area contributed by atoms with Gasteiger partial charge in [-0.25, -0.2) is 0 Å². The van der Waals surface area contributed by atoms with Crippen molar-refractivity contribution in [3.8, 4) is 24.2 Å². The Morgan fingerprint density at radius 1 is 1.25 bits per heavy atom. The van der Waals surface area contributed by atoms with Gasteiger partial charge < -0.3 is 0 Å². The first-order valence-electron chi connectivity index (χ1n) is 2.60. The van der Waals surface area contributed by atoms with E-state index in [1.807, 2.05) is 0 Å². The summed E-state index contributed by atoms with van der Waals surface area (Å²) in [6.07, 6.45) is 7.23. The molecule has 0 rings (SSSR count). The Kier molecular flexibility index (Phi) is 5.45. The largest absolute Gasteiger partial charge is 0.120 e. The predicted molar refractivity (Wildman–Crippen MR) is 35.8 cm³/mol. The van der Waals surface area contributed by atoms with Crippen molar-refractivity contribution in [1.29, 1.82) is 0 Å². The van der Waals surface area contributed by atoms with E-state index in [9.17, 15) is 0 Å². The van der Waals surface area contributed by atoms with Gasteiger partial charge >= 0.3 is 0 Å². The molecule has 0 aromatic rings. The minimum absolute atomic E-state index is 0.685. The van der Waals surface area contributed by atoms with Gasteiger partial charge in [0.05, 0.1) is 0 Å². The van der Waals surface area contributed by atoms with Crippen molar-refractivity contribution < 1.29 is 0 Å². The molecule has 0 aliphatic carbocycles. The summed E-state index contributed by atoms with van der Waals surface area (Å²) in [6, 6.07) is 0. The number of hydrogen-bond donors (Lipinski definition) is 0. The molecular formula is C8H9. The van der Waals surface area contributed by atoms with Crippen LogP contribution < -0.4 is 0 Å². The molecule has 0 saturated heterocycles. The summed E-state index contributed by atoms with van der Waals surface area (Å²) in [6.45, 7) is 3.56. The molecule has 0 saturated carbocycles. The Morgan fingerprint density at radius 3 is 2.50 bits per heavy atom. The van der Waals surface area contributed by atoms with Crippen molar-refractivity contribution in [2.75, 3.05) is 0 Å². The van der Waals surface area contributed by atoms with Gasteiger partial charge in [-0.3, -0.25) is 0 Å². The lowest BCUT2D eigenvalue weighted by Crippen LogP contribution is -1.62. The second kappa shape index (κ2) is 6.12. The molecule has 0 fully saturated rings. The minimum atomic E-state index is 0.685. The molecule has 0 heterocycles. The number of unbranched alkanes of at least 4 members (excludes halogenated alkanes) is 1. The van der Waals surface area contributed by atoms with E-state index in [-0.39, 0.29) is 0 Å². The third kappa shape index (κ3) is 5.12. The summed E-state index contributed by atoms with van der Waals surface area (Å²) < 4.78 is 0. The van der Waals surface area contributed by atoms with Gasteiger partial charge in [0.1, 0.15) is 0 Å². The molecule has 0 spiro atoms. The van der Waals surface area contributed by atoms with Gasteiger partial charge in [-0.2, -0.15) is 0 Å². The first-order valence-corrected chi connectivity index (χ1v) is 2.60. The zero-order valence-electron chi connectivity index (χ0n) is 4.91. The molecule has 0 N–H and O–H groups in total. The predicted octanol–water partition coefficient (Wildman–Crippen LogP) is 1.63. The van der Waals surface area contributed by atoms with Crippen LogP contribution in [-0.4, -0.2) is 0 Å². The molecule has 41 valence electrons. The lowest BCUT2D eigenvalue weighted by molar-refractivity contribution is 1.12. The van der Waals surface area contributed by atoms with Gasteiger partial charge in [0.2, 0.25) is 0 Å². The molecule has 0 unspecified atom stereocenters. The van der Waals surface area contributed by atoms with Crippen LogP contribution in [0.2, 0.25) is 0 Å². The van der Waals surface area contributed by atoms with Crippen LogP contribution in [-0.2, 0) is 0 Å². The standard InChI is InChI=1S/C8H9/c1-3-5-7-8-6-4-2/h1H,2,4-5,7H2. The van der Waals surface area contributed by atoms with Crippen molar-refractivity contribution in [2.24, 2.45) is 0 Å². The van der Waals surface area contributed by atoms with Gasteiger partial charge in [-0.15, -0.1) is 24.2 Å². The molecule has 0 atom stereocenters. The molecule has 1 radical (unpaired) electrons. The topological polar surface area (TPSA) is 0 Å². The van der Waals surface area contributed by atoms with E-state index in [4.69, 9.17) is 6.42 Å². The van der Waals surface area contributed by atoms with E-state index in [1.165, 1.54) is 0 Å². The Bertz CT molecular complexity index is 126. The molecule has 0 amide bonds. The lowest BCUT2D eigenvalue weighted by Gasteiger charge is -1.74. The van der Waals surface area contributed by atoms with Gasteiger partial charge in [-0.05, 0) is 6.92 Å². The Labute approximate surface area is 51.3 Å². The SMILES string of the molecule is C#CCCC#CC[CH2]. The first-order chi connectivity index (χ1) is 3.91. The molecule has 8 heavy (non-hydrogen) atoms.